The van der Waals surface area contributed by atoms with Crippen LogP contribution in [-0.2, 0) is 6.54 Å². The average molecular weight is 334 g/mol. The van der Waals surface area contributed by atoms with E-state index < -0.39 is 0 Å². The van der Waals surface area contributed by atoms with E-state index in [1.165, 1.54) is 16.6 Å². The Kier molecular flexibility index (Phi) is 3.78. The van der Waals surface area contributed by atoms with E-state index >= 15 is 0 Å². The van der Waals surface area contributed by atoms with Crippen molar-refractivity contribution in [2.45, 2.75) is 6.54 Å². The summed E-state index contributed by atoms with van der Waals surface area (Å²) in [4.78, 5) is 2.09. The zero-order valence-electron chi connectivity index (χ0n) is 13.7. The van der Waals surface area contributed by atoms with Crippen LogP contribution >= 0.6 is 11.3 Å². The molecule has 0 aliphatic carbocycles. The fraction of sp³-hybridized carbons (Fsp3) is 0.158. The smallest absolute Gasteiger partial charge is 0.147 e. The van der Waals surface area contributed by atoms with Gasteiger partial charge >= 0.3 is 0 Å². The number of nitrogens with zero attached hydrogens (tertiary/aromatic N) is 4. The monoisotopic (exact) mass is 334 g/mol. The Labute approximate surface area is 145 Å². The Morgan fingerprint density at radius 2 is 1.75 bits per heavy atom. The Morgan fingerprint density at radius 1 is 0.958 bits per heavy atom. The molecule has 0 atom stereocenters. The molecule has 5 heteroatoms. The lowest BCUT2D eigenvalue weighted by Gasteiger charge is -2.11. The summed E-state index contributed by atoms with van der Waals surface area (Å²) in [6.07, 6.45) is 2.11. The number of fused-ring (bicyclic) bond motifs is 1. The van der Waals surface area contributed by atoms with E-state index in [1.54, 1.807) is 11.3 Å². The normalized spacial score (nSPS) is 11.1. The second-order valence-electron chi connectivity index (χ2n) is 5.94. The molecule has 0 radical (unpaired) electrons. The Bertz CT molecular complexity index is 966. The number of hydrogen-bond donors (Lipinski definition) is 0. The molecule has 4 nitrogen and oxygen atoms in total. The summed E-state index contributed by atoms with van der Waals surface area (Å²) in [7, 11) is 4.08. The van der Waals surface area contributed by atoms with Crippen LogP contribution in [0.1, 0.15) is 5.01 Å². The minimum absolute atomic E-state index is 0.751. The molecule has 0 amide bonds. The molecule has 0 fully saturated rings. The van der Waals surface area contributed by atoms with Gasteiger partial charge in [-0.25, -0.2) is 0 Å². The number of aromatic nitrogens is 3. The molecule has 0 aliphatic rings. The summed E-state index contributed by atoms with van der Waals surface area (Å²) < 4.78 is 2.22. The van der Waals surface area contributed by atoms with Gasteiger partial charge in [-0.3, -0.25) is 0 Å². The lowest BCUT2D eigenvalue weighted by molar-refractivity contribution is 0.810. The van der Waals surface area contributed by atoms with E-state index in [0.29, 0.717) is 0 Å². The van der Waals surface area contributed by atoms with Gasteiger partial charge in [0.15, 0.2) is 0 Å². The molecule has 4 aromatic rings. The first-order chi connectivity index (χ1) is 11.7. The molecule has 0 aliphatic heterocycles. The maximum Gasteiger partial charge on any atom is 0.147 e. The van der Waals surface area contributed by atoms with Crippen molar-refractivity contribution >= 4 is 27.9 Å². The van der Waals surface area contributed by atoms with Crippen molar-refractivity contribution in [3.05, 3.63) is 65.8 Å². The van der Waals surface area contributed by atoms with Gasteiger partial charge in [0.2, 0.25) is 0 Å². The third kappa shape index (κ3) is 2.78. The molecule has 24 heavy (non-hydrogen) atoms. The quantitative estimate of drug-likeness (QED) is 0.559. The Morgan fingerprint density at radius 3 is 2.54 bits per heavy atom. The maximum atomic E-state index is 4.37. The molecule has 4 rings (SSSR count). The highest BCUT2D eigenvalue weighted by molar-refractivity contribution is 7.14. The van der Waals surface area contributed by atoms with Gasteiger partial charge in [-0.05, 0) is 41.8 Å². The Balaban J connectivity index is 1.58. The molecular formula is C19H18N4S. The van der Waals surface area contributed by atoms with Crippen LogP contribution in [0.4, 0.5) is 5.69 Å². The van der Waals surface area contributed by atoms with E-state index in [1.807, 2.05) is 14.1 Å². The predicted molar refractivity (Wildman–Crippen MR) is 101 cm³/mol. The number of hydrogen-bond acceptors (Lipinski definition) is 4. The fourth-order valence-electron chi connectivity index (χ4n) is 2.76. The first-order valence-electron chi connectivity index (χ1n) is 7.85. The van der Waals surface area contributed by atoms with Crippen molar-refractivity contribution in [3.63, 3.8) is 0 Å². The van der Waals surface area contributed by atoms with Crippen molar-refractivity contribution in [3.8, 4) is 10.6 Å². The third-order valence-corrected chi connectivity index (χ3v) is 5.04. The highest BCUT2D eigenvalue weighted by Gasteiger charge is 2.09. The molecule has 120 valence electrons. The molecule has 0 saturated carbocycles. The number of rotatable bonds is 4. The average Bonchev–Trinajstić information content (AvgIpc) is 3.23. The molecule has 0 saturated heterocycles. The van der Waals surface area contributed by atoms with Gasteiger partial charge in [0.25, 0.3) is 0 Å². The maximum absolute atomic E-state index is 4.37. The van der Waals surface area contributed by atoms with Crippen LogP contribution in [0.15, 0.2) is 60.8 Å². The molecular weight excluding hydrogens is 316 g/mol. The highest BCUT2D eigenvalue weighted by atomic mass is 32.1. The van der Waals surface area contributed by atoms with Gasteiger partial charge < -0.3 is 9.47 Å². The second kappa shape index (κ2) is 6.09. The summed E-state index contributed by atoms with van der Waals surface area (Å²) in [5.41, 5.74) is 3.52. The Hall–Kier alpha value is -2.66. The first-order valence-corrected chi connectivity index (χ1v) is 8.66. The molecule has 0 N–H and O–H groups in total. The fourth-order valence-corrected chi connectivity index (χ4v) is 3.60. The molecule has 0 spiro atoms. The lowest BCUT2D eigenvalue weighted by atomic mass is 10.2. The zero-order valence-corrected chi connectivity index (χ0v) is 14.5. The van der Waals surface area contributed by atoms with Crippen LogP contribution in [0.5, 0.6) is 0 Å². The summed E-state index contributed by atoms with van der Waals surface area (Å²) in [6, 6.07) is 18.9. The van der Waals surface area contributed by atoms with Gasteiger partial charge in [0.05, 0.1) is 6.54 Å². The van der Waals surface area contributed by atoms with Crippen LogP contribution in [0.3, 0.4) is 0 Å². The van der Waals surface area contributed by atoms with Crippen LogP contribution in [-0.4, -0.2) is 28.9 Å². The van der Waals surface area contributed by atoms with E-state index in [4.69, 9.17) is 0 Å². The molecule has 0 unspecified atom stereocenters. The second-order valence-corrected chi connectivity index (χ2v) is 7.01. The van der Waals surface area contributed by atoms with Crippen LogP contribution in [0.25, 0.3) is 21.5 Å². The summed E-state index contributed by atoms with van der Waals surface area (Å²) in [6.45, 7) is 0.751. The van der Waals surface area contributed by atoms with E-state index in [-0.39, 0.29) is 0 Å². The standard InChI is InChI=1S/C19H18N4S/c1-22(2)16-9-7-15(8-10-16)19-21-20-18(24-19)13-23-12-11-14-5-3-4-6-17(14)23/h3-12H,13H2,1-2H3. The van der Waals surface area contributed by atoms with Gasteiger partial charge in [-0.2, -0.15) is 0 Å². The minimum atomic E-state index is 0.751. The summed E-state index contributed by atoms with van der Waals surface area (Å²) in [5.74, 6) is 0. The van der Waals surface area contributed by atoms with Crippen molar-refractivity contribution in [1.82, 2.24) is 14.8 Å². The van der Waals surface area contributed by atoms with Crippen LogP contribution in [0, 0.1) is 0 Å². The molecule has 2 aromatic heterocycles. The van der Waals surface area contributed by atoms with Gasteiger partial charge in [0, 0.05) is 37.1 Å². The topological polar surface area (TPSA) is 34.0 Å². The summed E-state index contributed by atoms with van der Waals surface area (Å²) in [5, 5.41) is 12.0. The molecule has 2 aromatic carbocycles. The van der Waals surface area contributed by atoms with E-state index in [9.17, 15) is 0 Å². The van der Waals surface area contributed by atoms with Crippen molar-refractivity contribution in [1.29, 1.82) is 0 Å². The zero-order chi connectivity index (χ0) is 16.5. The van der Waals surface area contributed by atoms with Crippen LogP contribution < -0.4 is 4.90 Å². The van der Waals surface area contributed by atoms with Gasteiger partial charge in [-0.15, -0.1) is 10.2 Å². The minimum Gasteiger partial charge on any atom is -0.378 e. The highest BCUT2D eigenvalue weighted by Crippen LogP contribution is 2.26. The number of para-hydroxylation sites is 1. The predicted octanol–water partition coefficient (Wildman–Crippen LogP) is 4.27. The third-order valence-electron chi connectivity index (χ3n) is 4.08. The molecule has 0 bridgehead atoms. The lowest BCUT2D eigenvalue weighted by Crippen LogP contribution is -2.07. The van der Waals surface area contributed by atoms with Gasteiger partial charge in [0.1, 0.15) is 10.0 Å². The first kappa shape index (κ1) is 14.9. The number of benzene rings is 2. The van der Waals surface area contributed by atoms with Crippen molar-refractivity contribution in [2.24, 2.45) is 0 Å². The summed E-state index contributed by atoms with van der Waals surface area (Å²) >= 11 is 1.65. The van der Waals surface area contributed by atoms with E-state index in [0.717, 1.165) is 22.1 Å². The van der Waals surface area contributed by atoms with Crippen molar-refractivity contribution < 1.29 is 0 Å². The number of anilines is 1. The largest absolute Gasteiger partial charge is 0.378 e. The van der Waals surface area contributed by atoms with Crippen LogP contribution in [0.2, 0.25) is 0 Å². The van der Waals surface area contributed by atoms with E-state index in [2.05, 4.69) is 80.5 Å². The molecule has 2 heterocycles. The van der Waals surface area contributed by atoms with Crippen molar-refractivity contribution in [2.75, 3.05) is 19.0 Å². The SMILES string of the molecule is CN(C)c1ccc(-c2nnc(Cn3ccc4ccccc43)s2)cc1. The van der Waals surface area contributed by atoms with Gasteiger partial charge in [-0.1, -0.05) is 29.5 Å².